The van der Waals surface area contributed by atoms with Gasteiger partial charge in [-0.05, 0) is 51.1 Å². The number of carbonyl (C=O) groups is 1. The molecule has 1 aromatic carbocycles. The summed E-state index contributed by atoms with van der Waals surface area (Å²) in [6.07, 6.45) is -1.16. The molecule has 33 heavy (non-hydrogen) atoms. The summed E-state index contributed by atoms with van der Waals surface area (Å²) in [5.74, 6) is -0.771. The predicted octanol–water partition coefficient (Wildman–Crippen LogP) is 4.32. The minimum atomic E-state index is -4.65. The van der Waals surface area contributed by atoms with E-state index in [9.17, 15) is 23.2 Å². The standard InChI is InChI=1S/C23H20F3N5O2/c1-14-8-17(6-7-28-14)31-12-16-11-30(13-19(16)29-31)21(32)18-9-15(10-27)4-5-20(18)33-22(2,3)23(24,25)26/h4-9,12H,11,13H2,1-3H3. The average molecular weight is 455 g/mol. The van der Waals surface area contributed by atoms with E-state index < -0.39 is 17.7 Å². The normalized spacial score (nSPS) is 13.5. The number of carbonyl (C=O) groups excluding carboxylic acids is 1. The van der Waals surface area contributed by atoms with Crippen molar-refractivity contribution in [3.63, 3.8) is 0 Å². The lowest BCUT2D eigenvalue weighted by Gasteiger charge is -2.30. The predicted molar refractivity (Wildman–Crippen MR) is 112 cm³/mol. The van der Waals surface area contributed by atoms with Crippen LogP contribution in [-0.4, -0.2) is 37.3 Å². The van der Waals surface area contributed by atoms with E-state index >= 15 is 0 Å². The van der Waals surface area contributed by atoms with E-state index in [-0.39, 0.29) is 30.0 Å². The lowest BCUT2D eigenvalue weighted by Crippen LogP contribution is -2.45. The van der Waals surface area contributed by atoms with E-state index in [1.165, 1.54) is 23.1 Å². The molecule has 0 saturated heterocycles. The Kier molecular flexibility index (Phi) is 5.36. The van der Waals surface area contributed by atoms with Crippen molar-refractivity contribution in [3.8, 4) is 17.5 Å². The molecule has 0 atom stereocenters. The summed E-state index contributed by atoms with van der Waals surface area (Å²) in [4.78, 5) is 18.9. The molecule has 7 nitrogen and oxygen atoms in total. The van der Waals surface area contributed by atoms with Gasteiger partial charge < -0.3 is 9.64 Å². The van der Waals surface area contributed by atoms with Gasteiger partial charge in [0.25, 0.3) is 5.91 Å². The van der Waals surface area contributed by atoms with Crippen LogP contribution in [0, 0.1) is 18.3 Å². The number of nitrogens with zero attached hydrogens (tertiary/aromatic N) is 5. The number of nitriles is 1. The topological polar surface area (TPSA) is 84.0 Å². The van der Waals surface area contributed by atoms with Crippen LogP contribution in [0.15, 0.2) is 42.7 Å². The molecule has 0 aliphatic carbocycles. The summed E-state index contributed by atoms with van der Waals surface area (Å²) in [5, 5.41) is 13.8. The highest BCUT2D eigenvalue weighted by Gasteiger charge is 2.50. The van der Waals surface area contributed by atoms with Crippen molar-refractivity contribution in [2.75, 3.05) is 0 Å². The Balaban J connectivity index is 1.60. The van der Waals surface area contributed by atoms with Crippen molar-refractivity contribution in [2.24, 2.45) is 0 Å². The third kappa shape index (κ3) is 4.26. The molecule has 3 heterocycles. The van der Waals surface area contributed by atoms with E-state index in [2.05, 4.69) is 10.1 Å². The third-order valence-electron chi connectivity index (χ3n) is 5.40. The summed E-state index contributed by atoms with van der Waals surface area (Å²) in [6.45, 7) is 4.06. The number of alkyl halides is 3. The Morgan fingerprint density at radius 3 is 2.58 bits per heavy atom. The van der Waals surface area contributed by atoms with Crippen LogP contribution in [0.2, 0.25) is 0 Å². The first-order valence-corrected chi connectivity index (χ1v) is 10.1. The quantitative estimate of drug-likeness (QED) is 0.585. The number of aromatic nitrogens is 3. The van der Waals surface area contributed by atoms with Gasteiger partial charge in [0.15, 0.2) is 5.60 Å². The summed E-state index contributed by atoms with van der Waals surface area (Å²) in [7, 11) is 0. The van der Waals surface area contributed by atoms with Crippen LogP contribution in [0.5, 0.6) is 5.75 Å². The molecule has 170 valence electrons. The molecule has 0 saturated carbocycles. The summed E-state index contributed by atoms with van der Waals surface area (Å²) in [5.41, 5.74) is 0.709. The van der Waals surface area contributed by atoms with Crippen molar-refractivity contribution < 1.29 is 22.7 Å². The Morgan fingerprint density at radius 2 is 1.94 bits per heavy atom. The first-order chi connectivity index (χ1) is 15.5. The number of hydrogen-bond donors (Lipinski definition) is 0. The Morgan fingerprint density at radius 1 is 1.18 bits per heavy atom. The van der Waals surface area contributed by atoms with Gasteiger partial charge in [-0.15, -0.1) is 0 Å². The fraction of sp³-hybridized carbons (Fsp3) is 0.304. The molecule has 10 heteroatoms. The van der Waals surface area contributed by atoms with Crippen LogP contribution in [0.3, 0.4) is 0 Å². The summed E-state index contributed by atoms with van der Waals surface area (Å²) < 4.78 is 47.0. The van der Waals surface area contributed by atoms with E-state index in [0.717, 1.165) is 30.8 Å². The number of halogens is 3. The molecular weight excluding hydrogens is 435 g/mol. The number of benzene rings is 1. The smallest absolute Gasteiger partial charge is 0.427 e. The second-order valence-corrected chi connectivity index (χ2v) is 8.30. The highest BCUT2D eigenvalue weighted by atomic mass is 19.4. The molecule has 0 spiro atoms. The van der Waals surface area contributed by atoms with E-state index in [1.54, 1.807) is 10.9 Å². The third-order valence-corrected chi connectivity index (χ3v) is 5.40. The Labute approximate surface area is 188 Å². The van der Waals surface area contributed by atoms with Crippen LogP contribution >= 0.6 is 0 Å². The van der Waals surface area contributed by atoms with Crippen LogP contribution in [0.25, 0.3) is 5.69 Å². The van der Waals surface area contributed by atoms with Crippen LogP contribution < -0.4 is 4.74 Å². The molecule has 1 amide bonds. The Bertz CT molecular complexity index is 1250. The van der Waals surface area contributed by atoms with Crippen molar-refractivity contribution in [1.29, 1.82) is 5.26 Å². The molecule has 0 fully saturated rings. The first-order valence-electron chi connectivity index (χ1n) is 10.1. The molecule has 0 radical (unpaired) electrons. The molecule has 4 rings (SSSR count). The van der Waals surface area contributed by atoms with Gasteiger partial charge in [0, 0.05) is 30.2 Å². The van der Waals surface area contributed by atoms with Crippen molar-refractivity contribution in [1.82, 2.24) is 19.7 Å². The minimum absolute atomic E-state index is 0.103. The zero-order valence-electron chi connectivity index (χ0n) is 18.1. The van der Waals surface area contributed by atoms with E-state index in [0.29, 0.717) is 5.69 Å². The van der Waals surface area contributed by atoms with Gasteiger partial charge >= 0.3 is 6.18 Å². The highest BCUT2D eigenvalue weighted by Crippen LogP contribution is 2.36. The number of amides is 1. The fourth-order valence-electron chi connectivity index (χ4n) is 3.46. The van der Waals surface area contributed by atoms with Gasteiger partial charge in [0.05, 0.1) is 35.1 Å². The lowest BCUT2D eigenvalue weighted by atomic mass is 10.1. The zero-order valence-corrected chi connectivity index (χ0v) is 18.1. The van der Waals surface area contributed by atoms with Crippen molar-refractivity contribution in [2.45, 2.75) is 45.6 Å². The van der Waals surface area contributed by atoms with Gasteiger partial charge in [0.1, 0.15) is 5.75 Å². The second kappa shape index (κ2) is 7.92. The molecule has 2 aromatic heterocycles. The van der Waals surface area contributed by atoms with Crippen molar-refractivity contribution in [3.05, 3.63) is 70.8 Å². The maximum absolute atomic E-state index is 13.4. The number of rotatable bonds is 4. The second-order valence-electron chi connectivity index (χ2n) is 8.30. The molecule has 0 N–H and O–H groups in total. The largest absolute Gasteiger partial charge is 0.478 e. The molecule has 0 bridgehead atoms. The number of aryl methyl sites for hydroxylation is 1. The highest BCUT2D eigenvalue weighted by molar-refractivity contribution is 5.97. The van der Waals surface area contributed by atoms with Gasteiger partial charge in [-0.1, -0.05) is 0 Å². The molecule has 3 aromatic rings. The molecular formula is C23H20F3N5O2. The Hall–Kier alpha value is -3.87. The van der Waals surface area contributed by atoms with Crippen molar-refractivity contribution >= 4 is 5.91 Å². The van der Waals surface area contributed by atoms with Gasteiger partial charge in [-0.25, -0.2) is 4.68 Å². The van der Waals surface area contributed by atoms with Crippen LogP contribution in [0.4, 0.5) is 13.2 Å². The summed E-state index contributed by atoms with van der Waals surface area (Å²) in [6, 6.07) is 9.39. The number of hydrogen-bond acceptors (Lipinski definition) is 5. The summed E-state index contributed by atoms with van der Waals surface area (Å²) >= 11 is 0. The van der Waals surface area contributed by atoms with Crippen LogP contribution in [-0.2, 0) is 13.1 Å². The minimum Gasteiger partial charge on any atom is -0.478 e. The van der Waals surface area contributed by atoms with E-state index in [1.807, 2.05) is 31.3 Å². The van der Waals surface area contributed by atoms with Gasteiger partial charge in [-0.2, -0.15) is 23.5 Å². The maximum atomic E-state index is 13.4. The molecule has 0 unspecified atom stereocenters. The zero-order chi connectivity index (χ0) is 24.0. The van der Waals surface area contributed by atoms with Gasteiger partial charge in [-0.3, -0.25) is 9.78 Å². The SMILES string of the molecule is Cc1cc(-n2cc3c(n2)CN(C(=O)c2cc(C#N)ccc2OC(C)(C)C(F)(F)F)C3)ccn1. The number of ether oxygens (including phenoxy) is 1. The van der Waals surface area contributed by atoms with Crippen LogP contribution in [0.1, 0.15) is 46.7 Å². The van der Waals surface area contributed by atoms with Gasteiger partial charge in [0.2, 0.25) is 0 Å². The average Bonchev–Trinajstić information content (AvgIpc) is 3.32. The molecule has 1 aliphatic rings. The molecule has 1 aliphatic heterocycles. The maximum Gasteiger partial charge on any atom is 0.427 e. The fourth-order valence-corrected chi connectivity index (χ4v) is 3.46. The number of fused-ring (bicyclic) bond motifs is 1. The lowest BCUT2D eigenvalue weighted by molar-refractivity contribution is -0.234. The number of pyridine rings is 1. The first kappa shape index (κ1) is 22.3. The van der Waals surface area contributed by atoms with E-state index in [4.69, 9.17) is 4.74 Å². The monoisotopic (exact) mass is 455 g/mol.